The molecule has 32 heavy (non-hydrogen) atoms. The Labute approximate surface area is 188 Å². The molecule has 2 aliphatic rings. The van der Waals surface area contributed by atoms with Gasteiger partial charge in [0.1, 0.15) is 18.2 Å². The maximum Gasteiger partial charge on any atom is 0.410 e. The van der Waals surface area contributed by atoms with Crippen molar-refractivity contribution < 1.29 is 18.5 Å². The fraction of sp³-hybridized carbons (Fsp3) is 0.455. The predicted molar refractivity (Wildman–Crippen MR) is 124 cm³/mol. The van der Waals surface area contributed by atoms with Crippen molar-refractivity contribution in [3.8, 4) is 5.88 Å². The van der Waals surface area contributed by atoms with Gasteiger partial charge in [0.2, 0.25) is 5.88 Å². The predicted octanol–water partition coefficient (Wildman–Crippen LogP) is 2.51. The Kier molecular flexibility index (Phi) is 6.25. The third-order valence-corrected chi connectivity index (χ3v) is 6.66. The molecule has 0 bridgehead atoms. The zero-order valence-electron chi connectivity index (χ0n) is 18.4. The summed E-state index contributed by atoms with van der Waals surface area (Å²) >= 11 is 0. The van der Waals surface area contributed by atoms with E-state index in [4.69, 9.17) is 14.6 Å². The molecule has 1 saturated heterocycles. The number of amides is 1. The number of carbonyl (C=O) groups is 1. The van der Waals surface area contributed by atoms with Gasteiger partial charge >= 0.3 is 6.09 Å². The minimum atomic E-state index is -2.74. The van der Waals surface area contributed by atoms with Gasteiger partial charge in [-0.15, -0.1) is 0 Å². The Morgan fingerprint density at radius 3 is 2.50 bits per heavy atom. The van der Waals surface area contributed by atoms with Gasteiger partial charge in [0.15, 0.2) is 0 Å². The summed E-state index contributed by atoms with van der Waals surface area (Å²) in [5.41, 5.74) is 1.90. The molecule has 2 N–H and O–H groups in total. The standard InChI is InChI=1S/C22H29N5O4S/c1-15(2)30-22(28)26-11-8-17(9-12-26)31-21-19-10-13-27(20(19)24-14-25-21)16-4-6-18(7-5-16)32(3,23)29/h4-7,14-15,17H,3,8-13H2,1-2H3,(H2,23,29). The zero-order chi connectivity index (χ0) is 22.9. The average molecular weight is 460 g/mol. The Bertz CT molecular complexity index is 1080. The second kappa shape index (κ2) is 8.95. The Balaban J connectivity index is 1.43. The van der Waals surface area contributed by atoms with E-state index in [9.17, 15) is 9.00 Å². The van der Waals surface area contributed by atoms with E-state index in [1.807, 2.05) is 26.0 Å². The number of piperidine rings is 1. The van der Waals surface area contributed by atoms with E-state index in [0.29, 0.717) is 23.9 Å². The quantitative estimate of drug-likeness (QED) is 0.684. The average Bonchev–Trinajstić information content (AvgIpc) is 3.18. The van der Waals surface area contributed by atoms with Crippen molar-refractivity contribution in [1.29, 1.82) is 0 Å². The first-order valence-electron chi connectivity index (χ1n) is 10.7. The highest BCUT2D eigenvalue weighted by Gasteiger charge is 2.30. The SMILES string of the molecule is C=S(N)(=O)c1ccc(N2CCc3c(OC4CCN(C(=O)OC(C)C)CC4)ncnc32)cc1. The van der Waals surface area contributed by atoms with E-state index >= 15 is 0 Å². The molecule has 0 aliphatic carbocycles. The number of fused-ring (bicyclic) bond motifs is 1. The lowest BCUT2D eigenvalue weighted by Gasteiger charge is -2.32. The molecule has 172 valence electrons. The van der Waals surface area contributed by atoms with Gasteiger partial charge in [-0.05, 0) is 50.4 Å². The van der Waals surface area contributed by atoms with Crippen LogP contribution in [0.1, 0.15) is 32.3 Å². The summed E-state index contributed by atoms with van der Waals surface area (Å²) in [6.45, 7) is 5.62. The van der Waals surface area contributed by atoms with Crippen molar-refractivity contribution in [2.24, 2.45) is 5.14 Å². The maximum atomic E-state index is 12.1. The van der Waals surface area contributed by atoms with E-state index < -0.39 is 9.71 Å². The van der Waals surface area contributed by atoms with Crippen molar-refractivity contribution >= 4 is 33.2 Å². The van der Waals surface area contributed by atoms with Crippen LogP contribution in [0, 0.1) is 0 Å². The Morgan fingerprint density at radius 2 is 1.88 bits per heavy atom. The summed E-state index contributed by atoms with van der Waals surface area (Å²) in [5, 5.41) is 5.63. The number of carbonyl (C=O) groups excluding carboxylic acids is 1. The van der Waals surface area contributed by atoms with Crippen molar-refractivity contribution in [2.75, 3.05) is 24.5 Å². The molecule has 1 fully saturated rings. The summed E-state index contributed by atoms with van der Waals surface area (Å²) in [4.78, 5) is 25.3. The molecule has 0 spiro atoms. The van der Waals surface area contributed by atoms with Crippen molar-refractivity contribution in [3.63, 3.8) is 0 Å². The fourth-order valence-corrected chi connectivity index (χ4v) is 4.56. The number of rotatable bonds is 5. The van der Waals surface area contributed by atoms with Gasteiger partial charge in [0.25, 0.3) is 0 Å². The summed E-state index contributed by atoms with van der Waals surface area (Å²) in [6.07, 6.45) is 3.31. The number of ether oxygens (including phenoxy) is 2. The van der Waals surface area contributed by atoms with Crippen LogP contribution in [0.25, 0.3) is 0 Å². The van der Waals surface area contributed by atoms with Crippen molar-refractivity contribution in [1.82, 2.24) is 14.9 Å². The summed E-state index contributed by atoms with van der Waals surface area (Å²) in [7, 11) is -2.74. The van der Waals surface area contributed by atoms with Crippen LogP contribution < -0.4 is 14.8 Å². The van der Waals surface area contributed by atoms with E-state index in [1.54, 1.807) is 17.0 Å². The van der Waals surface area contributed by atoms with Crippen LogP contribution in [0.4, 0.5) is 16.3 Å². The van der Waals surface area contributed by atoms with Gasteiger partial charge in [-0.25, -0.2) is 19.0 Å². The molecular formula is C22H29N5O4S. The fourth-order valence-electron chi connectivity index (χ4n) is 3.97. The van der Waals surface area contributed by atoms with Crippen LogP contribution in [0.15, 0.2) is 35.5 Å². The van der Waals surface area contributed by atoms with Gasteiger partial charge in [-0.1, -0.05) is 0 Å². The minimum absolute atomic E-state index is 0.0137. The van der Waals surface area contributed by atoms with Gasteiger partial charge in [0, 0.05) is 43.1 Å². The second-order valence-corrected chi connectivity index (χ2v) is 10.3. The van der Waals surface area contributed by atoms with Crippen LogP contribution in [0.5, 0.6) is 5.88 Å². The summed E-state index contributed by atoms with van der Waals surface area (Å²) < 4.78 is 23.5. The smallest absolute Gasteiger partial charge is 0.410 e. The third kappa shape index (κ3) is 4.81. The molecule has 0 saturated carbocycles. The molecule has 0 radical (unpaired) electrons. The minimum Gasteiger partial charge on any atom is -0.474 e. The monoisotopic (exact) mass is 459 g/mol. The zero-order valence-corrected chi connectivity index (χ0v) is 19.2. The van der Waals surface area contributed by atoms with E-state index in [2.05, 4.69) is 20.7 Å². The lowest BCUT2D eigenvalue weighted by atomic mass is 10.1. The molecule has 4 rings (SSSR count). The first-order valence-corrected chi connectivity index (χ1v) is 12.5. The number of hydrogen-bond acceptors (Lipinski definition) is 7. The molecule has 1 aromatic carbocycles. The molecule has 2 aliphatic heterocycles. The van der Waals surface area contributed by atoms with E-state index in [1.165, 1.54) is 6.33 Å². The molecule has 1 unspecified atom stereocenters. The van der Waals surface area contributed by atoms with Gasteiger partial charge in [-0.2, -0.15) is 0 Å². The lowest BCUT2D eigenvalue weighted by Crippen LogP contribution is -2.42. The van der Waals surface area contributed by atoms with Gasteiger partial charge in [0.05, 0.1) is 21.4 Å². The number of aromatic nitrogens is 2. The number of likely N-dealkylation sites (tertiary alicyclic amines) is 1. The van der Waals surface area contributed by atoms with E-state index in [-0.39, 0.29) is 18.3 Å². The first kappa shape index (κ1) is 22.3. The van der Waals surface area contributed by atoms with Gasteiger partial charge in [-0.3, -0.25) is 5.14 Å². The van der Waals surface area contributed by atoms with Crippen LogP contribution in [0.3, 0.4) is 0 Å². The van der Waals surface area contributed by atoms with Gasteiger partial charge < -0.3 is 19.3 Å². The Morgan fingerprint density at radius 1 is 1.19 bits per heavy atom. The number of hydrogen-bond donors (Lipinski definition) is 1. The number of benzene rings is 1. The number of nitrogens with zero attached hydrogens (tertiary/aromatic N) is 4. The van der Waals surface area contributed by atoms with Crippen LogP contribution in [0.2, 0.25) is 0 Å². The molecule has 1 atom stereocenters. The summed E-state index contributed by atoms with van der Waals surface area (Å²) in [5.74, 6) is 4.93. The number of anilines is 2. The van der Waals surface area contributed by atoms with Crippen LogP contribution >= 0.6 is 0 Å². The molecule has 1 amide bonds. The molecule has 3 heterocycles. The Hall–Kier alpha value is -2.85. The molecular weight excluding hydrogens is 430 g/mol. The second-order valence-electron chi connectivity index (χ2n) is 8.34. The summed E-state index contributed by atoms with van der Waals surface area (Å²) in [6, 6.07) is 7.21. The van der Waals surface area contributed by atoms with Crippen molar-refractivity contribution in [2.45, 2.75) is 50.2 Å². The van der Waals surface area contributed by atoms with E-state index in [0.717, 1.165) is 42.9 Å². The van der Waals surface area contributed by atoms with Crippen LogP contribution in [-0.2, 0) is 20.9 Å². The largest absolute Gasteiger partial charge is 0.474 e. The molecule has 9 nitrogen and oxygen atoms in total. The first-order chi connectivity index (χ1) is 15.2. The molecule has 2 aromatic rings. The number of nitrogens with two attached hydrogens (primary N) is 1. The highest BCUT2D eigenvalue weighted by atomic mass is 32.2. The topological polar surface area (TPSA) is 111 Å². The molecule has 1 aromatic heterocycles. The maximum absolute atomic E-state index is 12.1. The van der Waals surface area contributed by atoms with Crippen LogP contribution in [-0.4, -0.2) is 62.9 Å². The molecule has 10 heteroatoms. The highest BCUT2D eigenvalue weighted by Crippen LogP contribution is 2.37. The lowest BCUT2D eigenvalue weighted by molar-refractivity contribution is 0.0505. The highest BCUT2D eigenvalue weighted by molar-refractivity contribution is 7.98. The normalized spacial score (nSPS) is 18.4. The van der Waals surface area contributed by atoms with Crippen molar-refractivity contribution in [3.05, 3.63) is 36.2 Å². The third-order valence-electron chi connectivity index (χ3n) is 5.59.